The van der Waals surface area contributed by atoms with Crippen molar-refractivity contribution in [3.05, 3.63) is 29.3 Å². The molecule has 0 amide bonds. The first-order chi connectivity index (χ1) is 13.4. The molecule has 0 radical (unpaired) electrons. The molecule has 3 heteroatoms. The first-order valence-electron chi connectivity index (χ1n) is 11.6. The quantitative estimate of drug-likeness (QED) is 0.625. The summed E-state index contributed by atoms with van der Waals surface area (Å²) in [6.45, 7) is 15.2. The fourth-order valence-corrected chi connectivity index (χ4v) is 6.56. The van der Waals surface area contributed by atoms with Gasteiger partial charge in [0, 0.05) is 0 Å². The zero-order valence-electron chi connectivity index (χ0n) is 19.4. The Morgan fingerprint density at radius 1 is 0.966 bits per heavy atom. The largest absolute Gasteiger partial charge is 0.488 e. The molecule has 162 valence electrons. The van der Waals surface area contributed by atoms with Crippen LogP contribution in [0.3, 0.4) is 0 Å². The van der Waals surface area contributed by atoms with Crippen molar-refractivity contribution in [3.8, 4) is 5.75 Å². The smallest absolute Gasteiger partial charge is 0.120 e. The van der Waals surface area contributed by atoms with Gasteiger partial charge < -0.3 is 14.6 Å². The van der Waals surface area contributed by atoms with E-state index in [1.807, 2.05) is 0 Å². The average Bonchev–Trinajstić information content (AvgIpc) is 2.89. The van der Waals surface area contributed by atoms with Gasteiger partial charge in [0.1, 0.15) is 11.4 Å². The van der Waals surface area contributed by atoms with Gasteiger partial charge >= 0.3 is 0 Å². The monoisotopic (exact) mass is 400 g/mol. The third-order valence-corrected chi connectivity index (χ3v) is 7.58. The molecule has 0 bridgehead atoms. The summed E-state index contributed by atoms with van der Waals surface area (Å²) in [5, 5.41) is 11.1. The summed E-state index contributed by atoms with van der Waals surface area (Å²) in [6.07, 6.45) is 5.62. The van der Waals surface area contributed by atoms with Crippen molar-refractivity contribution in [3.63, 3.8) is 0 Å². The van der Waals surface area contributed by atoms with Gasteiger partial charge in [-0.25, -0.2) is 0 Å². The SMILES string of the molecule is CC(C)(C)Oc1ccc2c(c1)C(O)C[C@@H]1[C@@H]2CC[C@]2(C)[C@@H](OC(C)(C)C)CC[C@@H]12. The Labute approximate surface area is 177 Å². The van der Waals surface area contributed by atoms with Crippen LogP contribution < -0.4 is 4.74 Å². The lowest BCUT2D eigenvalue weighted by atomic mass is 9.55. The lowest BCUT2D eigenvalue weighted by molar-refractivity contribution is -0.128. The van der Waals surface area contributed by atoms with E-state index in [0.717, 1.165) is 24.2 Å². The molecule has 2 fully saturated rings. The number of hydrogen-bond donors (Lipinski definition) is 1. The minimum Gasteiger partial charge on any atom is -0.488 e. The van der Waals surface area contributed by atoms with Gasteiger partial charge in [0.15, 0.2) is 0 Å². The second-order valence-electron chi connectivity index (χ2n) is 12.0. The van der Waals surface area contributed by atoms with Crippen LogP contribution in [0.25, 0.3) is 0 Å². The van der Waals surface area contributed by atoms with Crippen LogP contribution in [0.2, 0.25) is 0 Å². The summed E-state index contributed by atoms with van der Waals surface area (Å²) in [5.41, 5.74) is 2.37. The molecular formula is C26H40O3. The highest BCUT2D eigenvalue weighted by Crippen LogP contribution is 2.63. The zero-order chi connectivity index (χ0) is 21.2. The van der Waals surface area contributed by atoms with Crippen molar-refractivity contribution >= 4 is 0 Å². The van der Waals surface area contributed by atoms with E-state index in [0.29, 0.717) is 23.9 Å². The topological polar surface area (TPSA) is 38.7 Å². The zero-order valence-corrected chi connectivity index (χ0v) is 19.4. The van der Waals surface area contributed by atoms with E-state index in [1.54, 1.807) is 0 Å². The summed E-state index contributed by atoms with van der Waals surface area (Å²) < 4.78 is 12.6. The second-order valence-corrected chi connectivity index (χ2v) is 12.0. The molecule has 3 aliphatic rings. The maximum atomic E-state index is 11.1. The molecule has 29 heavy (non-hydrogen) atoms. The number of benzene rings is 1. The van der Waals surface area contributed by atoms with Crippen LogP contribution in [0.1, 0.15) is 104 Å². The number of rotatable bonds is 2. The van der Waals surface area contributed by atoms with Crippen LogP contribution in [0.5, 0.6) is 5.75 Å². The fraction of sp³-hybridized carbons (Fsp3) is 0.769. The van der Waals surface area contributed by atoms with Gasteiger partial charge in [-0.1, -0.05) is 13.0 Å². The summed E-state index contributed by atoms with van der Waals surface area (Å²) in [5.74, 6) is 2.62. The van der Waals surface area contributed by atoms with Crippen LogP contribution in [-0.4, -0.2) is 22.4 Å². The van der Waals surface area contributed by atoms with E-state index in [2.05, 4.69) is 66.7 Å². The first-order valence-corrected chi connectivity index (χ1v) is 11.6. The predicted molar refractivity (Wildman–Crippen MR) is 117 cm³/mol. The van der Waals surface area contributed by atoms with Gasteiger partial charge in [-0.3, -0.25) is 0 Å². The maximum Gasteiger partial charge on any atom is 0.120 e. The van der Waals surface area contributed by atoms with Gasteiger partial charge in [0.05, 0.1) is 17.8 Å². The van der Waals surface area contributed by atoms with E-state index >= 15 is 0 Å². The minimum atomic E-state index is -0.389. The van der Waals surface area contributed by atoms with Crippen LogP contribution in [-0.2, 0) is 4.74 Å². The molecule has 0 heterocycles. The van der Waals surface area contributed by atoms with E-state index in [4.69, 9.17) is 9.47 Å². The molecule has 1 N–H and O–H groups in total. The van der Waals surface area contributed by atoms with E-state index in [9.17, 15) is 5.11 Å². The standard InChI is InChI=1S/C26H40O3/c1-24(2,3)28-16-8-9-17-18-12-13-26(7)21(10-11-23(26)29-25(4,5)6)19(18)15-22(27)20(17)14-16/h8-9,14,18-19,21-23,27H,10-13,15H2,1-7H3/t18-,19-,21+,22?,23+,26+/m1/s1. The van der Waals surface area contributed by atoms with Gasteiger partial charge in [-0.05, 0) is 120 Å². The van der Waals surface area contributed by atoms with Crippen LogP contribution in [0, 0.1) is 17.3 Å². The van der Waals surface area contributed by atoms with Crippen LogP contribution in [0.4, 0.5) is 0 Å². The lowest BCUT2D eigenvalue weighted by Gasteiger charge is -2.52. The Morgan fingerprint density at radius 3 is 2.34 bits per heavy atom. The van der Waals surface area contributed by atoms with Gasteiger partial charge in [-0.2, -0.15) is 0 Å². The lowest BCUT2D eigenvalue weighted by Crippen LogP contribution is -2.46. The Hall–Kier alpha value is -1.06. The van der Waals surface area contributed by atoms with Crippen molar-refractivity contribution in [2.24, 2.45) is 17.3 Å². The Bertz CT molecular complexity index is 756. The van der Waals surface area contributed by atoms with Crippen molar-refractivity contribution in [1.82, 2.24) is 0 Å². The van der Waals surface area contributed by atoms with Gasteiger partial charge in [-0.15, -0.1) is 0 Å². The van der Waals surface area contributed by atoms with Gasteiger partial charge in [0.2, 0.25) is 0 Å². The molecule has 1 aromatic carbocycles. The highest BCUT2D eigenvalue weighted by molar-refractivity contribution is 5.42. The minimum absolute atomic E-state index is 0.0957. The fourth-order valence-electron chi connectivity index (χ4n) is 6.56. The Balaban J connectivity index is 1.60. The highest BCUT2D eigenvalue weighted by atomic mass is 16.5. The Kier molecular flexibility index (Phi) is 5.10. The molecular weight excluding hydrogens is 360 g/mol. The molecule has 2 saturated carbocycles. The molecule has 0 spiro atoms. The van der Waals surface area contributed by atoms with Crippen LogP contribution in [0.15, 0.2) is 18.2 Å². The molecule has 3 aliphatic carbocycles. The van der Waals surface area contributed by atoms with Crippen molar-refractivity contribution in [2.45, 2.75) is 110 Å². The van der Waals surface area contributed by atoms with Crippen molar-refractivity contribution in [2.75, 3.05) is 0 Å². The number of hydrogen-bond acceptors (Lipinski definition) is 3. The molecule has 0 aliphatic heterocycles. The van der Waals surface area contributed by atoms with Gasteiger partial charge in [0.25, 0.3) is 0 Å². The molecule has 1 unspecified atom stereocenters. The van der Waals surface area contributed by atoms with Crippen LogP contribution >= 0.6 is 0 Å². The molecule has 0 aromatic heterocycles. The summed E-state index contributed by atoms with van der Waals surface area (Å²) in [7, 11) is 0. The molecule has 1 aromatic rings. The molecule has 3 nitrogen and oxygen atoms in total. The third-order valence-electron chi connectivity index (χ3n) is 7.58. The van der Waals surface area contributed by atoms with E-state index < -0.39 is 0 Å². The van der Waals surface area contributed by atoms with Crippen molar-refractivity contribution in [1.29, 1.82) is 0 Å². The average molecular weight is 401 g/mol. The number of aliphatic hydroxyl groups excluding tert-OH is 1. The highest BCUT2D eigenvalue weighted by Gasteiger charge is 2.56. The third kappa shape index (κ3) is 3.97. The maximum absolute atomic E-state index is 11.1. The number of fused-ring (bicyclic) bond motifs is 5. The van der Waals surface area contributed by atoms with E-state index in [1.165, 1.54) is 24.8 Å². The Morgan fingerprint density at radius 2 is 1.69 bits per heavy atom. The number of ether oxygens (including phenoxy) is 2. The summed E-state index contributed by atoms with van der Waals surface area (Å²) in [4.78, 5) is 0. The number of aliphatic hydroxyl groups is 1. The first kappa shape index (κ1) is 21.2. The molecule has 4 rings (SSSR count). The summed E-state index contributed by atoms with van der Waals surface area (Å²) >= 11 is 0. The second kappa shape index (κ2) is 6.99. The predicted octanol–water partition coefficient (Wildman–Crippen LogP) is 6.39. The van der Waals surface area contributed by atoms with Crippen molar-refractivity contribution < 1.29 is 14.6 Å². The van der Waals surface area contributed by atoms with E-state index in [-0.39, 0.29) is 22.7 Å². The molecule has 6 atom stereocenters. The summed E-state index contributed by atoms with van der Waals surface area (Å²) in [6, 6.07) is 6.43. The normalized spacial score (nSPS) is 36.9. The molecule has 0 saturated heterocycles.